The second-order valence-corrected chi connectivity index (χ2v) is 3.35. The topological polar surface area (TPSA) is 25.2 Å². The average Bonchev–Trinajstić information content (AvgIpc) is 2.73. The molecule has 0 saturated carbocycles. The Kier molecular flexibility index (Phi) is 2.26. The van der Waals surface area contributed by atoms with Crippen LogP contribution in [-0.4, -0.2) is 6.54 Å². The van der Waals surface area contributed by atoms with Gasteiger partial charge in [-0.1, -0.05) is 0 Å². The van der Waals surface area contributed by atoms with Crippen LogP contribution in [-0.2, 0) is 6.18 Å². The minimum Gasteiger partial charge on any atom is -0.467 e. The monoisotopic (exact) mass is 205 g/mol. The highest BCUT2D eigenvalue weighted by molar-refractivity contribution is 5.24. The molecule has 1 fully saturated rings. The van der Waals surface area contributed by atoms with Crippen molar-refractivity contribution in [3.63, 3.8) is 0 Å². The molecule has 1 aliphatic heterocycles. The molecule has 1 saturated heterocycles. The molecule has 78 valence electrons. The van der Waals surface area contributed by atoms with E-state index in [2.05, 4.69) is 5.32 Å². The van der Waals surface area contributed by atoms with Gasteiger partial charge in [-0.15, -0.1) is 0 Å². The van der Waals surface area contributed by atoms with E-state index < -0.39 is 11.7 Å². The van der Waals surface area contributed by atoms with Crippen LogP contribution in [0.1, 0.15) is 30.2 Å². The molecule has 0 bridgehead atoms. The van der Waals surface area contributed by atoms with Gasteiger partial charge in [0.1, 0.15) is 5.76 Å². The predicted molar refractivity (Wildman–Crippen MR) is 43.7 cm³/mol. The van der Waals surface area contributed by atoms with E-state index in [1.54, 1.807) is 0 Å². The lowest BCUT2D eigenvalue weighted by atomic mass is 10.1. The third kappa shape index (κ3) is 1.64. The molecule has 14 heavy (non-hydrogen) atoms. The molecule has 0 spiro atoms. The molecule has 2 heterocycles. The Hall–Kier alpha value is -0.970. The number of nitrogens with one attached hydrogen (secondary N) is 1. The van der Waals surface area contributed by atoms with Gasteiger partial charge in [-0.05, 0) is 25.5 Å². The molecule has 1 aromatic heterocycles. The van der Waals surface area contributed by atoms with Gasteiger partial charge in [-0.3, -0.25) is 0 Å². The Balaban J connectivity index is 2.29. The molecular formula is C9H10F3NO. The standard InChI is InChI=1S/C9H10F3NO/c10-9(11,12)6-3-5-14-8(6)7-2-1-4-13-7/h3,5,7,13H,1-2,4H2/t7-/m0/s1. The number of hydrogen-bond donors (Lipinski definition) is 1. The zero-order valence-corrected chi connectivity index (χ0v) is 7.40. The Bertz CT molecular complexity index is 312. The SMILES string of the molecule is FC(F)(F)c1ccoc1[C@@H]1CCCN1. The second-order valence-electron chi connectivity index (χ2n) is 3.35. The highest BCUT2D eigenvalue weighted by atomic mass is 19.4. The molecule has 0 unspecified atom stereocenters. The van der Waals surface area contributed by atoms with Crippen LogP contribution < -0.4 is 5.32 Å². The first-order valence-electron chi connectivity index (χ1n) is 4.47. The third-order valence-corrected chi connectivity index (χ3v) is 2.38. The van der Waals surface area contributed by atoms with E-state index in [9.17, 15) is 13.2 Å². The smallest absolute Gasteiger partial charge is 0.419 e. The van der Waals surface area contributed by atoms with E-state index in [0.29, 0.717) is 6.42 Å². The second kappa shape index (κ2) is 3.31. The predicted octanol–water partition coefficient (Wildman–Crippen LogP) is 2.72. The lowest BCUT2D eigenvalue weighted by Gasteiger charge is -2.11. The van der Waals surface area contributed by atoms with Gasteiger partial charge >= 0.3 is 6.18 Å². The normalized spacial score (nSPS) is 22.9. The molecule has 0 aromatic carbocycles. The molecule has 1 N–H and O–H groups in total. The maximum Gasteiger partial charge on any atom is 0.419 e. The van der Waals surface area contributed by atoms with Crippen molar-refractivity contribution >= 4 is 0 Å². The van der Waals surface area contributed by atoms with E-state index >= 15 is 0 Å². The Morgan fingerprint density at radius 2 is 2.21 bits per heavy atom. The largest absolute Gasteiger partial charge is 0.467 e. The summed E-state index contributed by atoms with van der Waals surface area (Å²) in [5, 5.41) is 2.98. The molecule has 2 nitrogen and oxygen atoms in total. The number of furan rings is 1. The van der Waals surface area contributed by atoms with Crippen LogP contribution in [0.5, 0.6) is 0 Å². The summed E-state index contributed by atoms with van der Waals surface area (Å²) in [5.74, 6) is 0.0231. The Morgan fingerprint density at radius 3 is 2.79 bits per heavy atom. The van der Waals surface area contributed by atoms with E-state index in [4.69, 9.17) is 4.42 Å². The summed E-state index contributed by atoms with van der Waals surface area (Å²) in [7, 11) is 0. The summed E-state index contributed by atoms with van der Waals surface area (Å²) in [6.45, 7) is 0.753. The lowest BCUT2D eigenvalue weighted by molar-refractivity contribution is -0.139. The molecule has 1 aromatic rings. The van der Waals surface area contributed by atoms with Gasteiger partial charge in [0.05, 0.1) is 17.9 Å². The van der Waals surface area contributed by atoms with Gasteiger partial charge in [0.25, 0.3) is 0 Å². The number of hydrogen-bond acceptors (Lipinski definition) is 2. The summed E-state index contributed by atoms with van der Waals surface area (Å²) in [4.78, 5) is 0. The van der Waals surface area contributed by atoms with E-state index in [1.807, 2.05) is 0 Å². The number of rotatable bonds is 1. The minimum absolute atomic E-state index is 0.0231. The van der Waals surface area contributed by atoms with Crippen LogP contribution >= 0.6 is 0 Å². The first-order valence-corrected chi connectivity index (χ1v) is 4.47. The molecule has 0 radical (unpaired) electrons. The van der Waals surface area contributed by atoms with Crippen LogP contribution in [0.15, 0.2) is 16.7 Å². The molecular weight excluding hydrogens is 195 g/mol. The summed E-state index contributed by atoms with van der Waals surface area (Å²) in [5.41, 5.74) is -0.656. The first-order chi connectivity index (χ1) is 6.59. The van der Waals surface area contributed by atoms with Crippen molar-refractivity contribution in [1.29, 1.82) is 0 Å². The Labute approximate surface area is 79.1 Å². The van der Waals surface area contributed by atoms with Crippen LogP contribution in [0.2, 0.25) is 0 Å². The zero-order chi connectivity index (χ0) is 10.2. The maximum absolute atomic E-state index is 12.4. The lowest BCUT2D eigenvalue weighted by Crippen LogP contribution is -2.16. The molecule has 0 amide bonds. The van der Waals surface area contributed by atoms with E-state index in [0.717, 1.165) is 25.3 Å². The maximum atomic E-state index is 12.4. The first kappa shape index (κ1) is 9.58. The third-order valence-electron chi connectivity index (χ3n) is 2.38. The highest BCUT2D eigenvalue weighted by Gasteiger charge is 2.38. The van der Waals surface area contributed by atoms with Gasteiger partial charge in [-0.25, -0.2) is 0 Å². The van der Waals surface area contributed by atoms with Gasteiger partial charge in [0.2, 0.25) is 0 Å². The molecule has 1 atom stereocenters. The Morgan fingerprint density at radius 1 is 1.43 bits per heavy atom. The van der Waals surface area contributed by atoms with Gasteiger partial charge in [-0.2, -0.15) is 13.2 Å². The van der Waals surface area contributed by atoms with Crippen molar-refractivity contribution in [2.24, 2.45) is 0 Å². The highest BCUT2D eigenvalue weighted by Crippen LogP contribution is 2.37. The molecule has 2 rings (SSSR count). The van der Waals surface area contributed by atoms with Crippen LogP contribution in [0.25, 0.3) is 0 Å². The molecule has 1 aliphatic rings. The van der Waals surface area contributed by atoms with Crippen molar-refractivity contribution in [1.82, 2.24) is 5.32 Å². The van der Waals surface area contributed by atoms with Crippen LogP contribution in [0.4, 0.5) is 13.2 Å². The van der Waals surface area contributed by atoms with Crippen molar-refractivity contribution in [2.75, 3.05) is 6.54 Å². The van der Waals surface area contributed by atoms with E-state index in [1.165, 1.54) is 0 Å². The van der Waals surface area contributed by atoms with Crippen molar-refractivity contribution in [3.05, 3.63) is 23.7 Å². The quantitative estimate of drug-likeness (QED) is 0.762. The average molecular weight is 205 g/mol. The summed E-state index contributed by atoms with van der Waals surface area (Å²) in [6.07, 6.45) is -1.62. The van der Waals surface area contributed by atoms with Crippen LogP contribution in [0, 0.1) is 0 Å². The van der Waals surface area contributed by atoms with Crippen molar-refractivity contribution in [3.8, 4) is 0 Å². The minimum atomic E-state index is -4.31. The summed E-state index contributed by atoms with van der Waals surface area (Å²) < 4.78 is 42.2. The van der Waals surface area contributed by atoms with Crippen LogP contribution in [0.3, 0.4) is 0 Å². The summed E-state index contributed by atoms with van der Waals surface area (Å²) >= 11 is 0. The van der Waals surface area contributed by atoms with Gasteiger partial charge < -0.3 is 9.73 Å². The molecule has 5 heteroatoms. The summed E-state index contributed by atoms with van der Waals surface area (Å²) in [6, 6.07) is 0.705. The molecule has 0 aliphatic carbocycles. The fourth-order valence-electron chi connectivity index (χ4n) is 1.73. The van der Waals surface area contributed by atoms with E-state index in [-0.39, 0.29) is 11.8 Å². The van der Waals surface area contributed by atoms with Gasteiger partial charge in [0, 0.05) is 0 Å². The number of alkyl halides is 3. The zero-order valence-electron chi connectivity index (χ0n) is 7.40. The fourth-order valence-corrected chi connectivity index (χ4v) is 1.73. The van der Waals surface area contributed by atoms with Gasteiger partial charge in [0.15, 0.2) is 0 Å². The fraction of sp³-hybridized carbons (Fsp3) is 0.556. The van der Waals surface area contributed by atoms with Crippen molar-refractivity contribution in [2.45, 2.75) is 25.1 Å². The number of halogens is 3. The van der Waals surface area contributed by atoms with Crippen molar-refractivity contribution < 1.29 is 17.6 Å².